The molecule has 0 radical (unpaired) electrons. The van der Waals surface area contributed by atoms with Crippen molar-refractivity contribution < 1.29 is 17.3 Å². The maximum absolute atomic E-state index is 10.9. The zero-order valence-corrected chi connectivity index (χ0v) is 10.5. The molecule has 1 aliphatic rings. The van der Waals surface area contributed by atoms with Crippen molar-refractivity contribution in [3.8, 4) is 0 Å². The summed E-state index contributed by atoms with van der Waals surface area (Å²) in [6.07, 6.45) is 3.60. The summed E-state index contributed by atoms with van der Waals surface area (Å²) in [5.41, 5.74) is 0. The van der Waals surface area contributed by atoms with Crippen LogP contribution in [0.15, 0.2) is 10.6 Å². The third-order valence-electron chi connectivity index (χ3n) is 1.95. The van der Waals surface area contributed by atoms with E-state index in [0.29, 0.717) is 6.42 Å². The molecular formula is C8H13BrO4S. The summed E-state index contributed by atoms with van der Waals surface area (Å²) < 4.78 is 32.9. The average Bonchev–Trinajstić information content (AvgIpc) is 2.06. The van der Waals surface area contributed by atoms with E-state index in [1.165, 1.54) is 7.11 Å². The van der Waals surface area contributed by atoms with Gasteiger partial charge in [0.1, 0.15) is 12.2 Å². The van der Waals surface area contributed by atoms with E-state index in [-0.39, 0.29) is 6.10 Å². The molecule has 1 rings (SSSR count). The standard InChI is InChI=1S/C8H13BrO4S/c1-12-8-5-6(9)3-4-7(8)13-14(2,10)11/h5,7-8H,3-4H2,1-2H3. The second kappa shape index (κ2) is 4.74. The molecule has 0 aromatic carbocycles. The van der Waals surface area contributed by atoms with Crippen LogP contribution < -0.4 is 0 Å². The van der Waals surface area contributed by atoms with Gasteiger partial charge in [-0.15, -0.1) is 0 Å². The minimum absolute atomic E-state index is 0.298. The molecule has 0 fully saturated rings. The summed E-state index contributed by atoms with van der Waals surface area (Å²) >= 11 is 3.35. The van der Waals surface area contributed by atoms with Crippen molar-refractivity contribution in [2.45, 2.75) is 25.0 Å². The molecule has 82 valence electrons. The molecule has 2 unspecified atom stereocenters. The molecule has 2 atom stereocenters. The van der Waals surface area contributed by atoms with Crippen molar-refractivity contribution in [2.24, 2.45) is 0 Å². The van der Waals surface area contributed by atoms with Gasteiger partial charge < -0.3 is 4.74 Å². The van der Waals surface area contributed by atoms with E-state index >= 15 is 0 Å². The van der Waals surface area contributed by atoms with Crippen molar-refractivity contribution >= 4 is 26.0 Å². The van der Waals surface area contributed by atoms with Gasteiger partial charge in [0.05, 0.1) is 6.26 Å². The Hall–Kier alpha value is 0.0900. The van der Waals surface area contributed by atoms with Crippen molar-refractivity contribution in [2.75, 3.05) is 13.4 Å². The van der Waals surface area contributed by atoms with Gasteiger partial charge in [-0.25, -0.2) is 0 Å². The fourth-order valence-electron chi connectivity index (χ4n) is 1.36. The zero-order chi connectivity index (χ0) is 10.8. The van der Waals surface area contributed by atoms with Gasteiger partial charge in [-0.1, -0.05) is 15.9 Å². The van der Waals surface area contributed by atoms with Gasteiger partial charge in [-0.3, -0.25) is 4.18 Å². The van der Waals surface area contributed by atoms with Crippen LogP contribution in [0.5, 0.6) is 0 Å². The van der Waals surface area contributed by atoms with Gasteiger partial charge in [0.15, 0.2) is 0 Å². The summed E-state index contributed by atoms with van der Waals surface area (Å²) in [7, 11) is -1.88. The van der Waals surface area contributed by atoms with E-state index in [4.69, 9.17) is 8.92 Å². The second-order valence-electron chi connectivity index (χ2n) is 3.19. The van der Waals surface area contributed by atoms with Crippen LogP contribution >= 0.6 is 15.9 Å². The highest BCUT2D eigenvalue weighted by Gasteiger charge is 2.27. The lowest BCUT2D eigenvalue weighted by molar-refractivity contribution is 0.0271. The Balaban J connectivity index is 2.71. The maximum atomic E-state index is 10.9. The fourth-order valence-corrected chi connectivity index (χ4v) is 2.50. The van der Waals surface area contributed by atoms with Crippen LogP contribution in [-0.4, -0.2) is 34.0 Å². The number of hydrogen-bond donors (Lipinski definition) is 0. The van der Waals surface area contributed by atoms with Gasteiger partial charge in [0, 0.05) is 7.11 Å². The van der Waals surface area contributed by atoms with Gasteiger partial charge in [-0.05, 0) is 23.4 Å². The molecule has 0 N–H and O–H groups in total. The number of hydrogen-bond acceptors (Lipinski definition) is 4. The first-order valence-corrected chi connectivity index (χ1v) is 6.80. The number of halogens is 1. The van der Waals surface area contributed by atoms with E-state index in [0.717, 1.165) is 17.2 Å². The normalized spacial score (nSPS) is 28.6. The Kier molecular flexibility index (Phi) is 4.12. The summed E-state index contributed by atoms with van der Waals surface area (Å²) in [5.74, 6) is 0. The largest absolute Gasteiger partial charge is 0.375 e. The third-order valence-corrected chi connectivity index (χ3v) is 3.21. The van der Waals surface area contributed by atoms with Crippen LogP contribution in [0, 0.1) is 0 Å². The van der Waals surface area contributed by atoms with Crippen LogP contribution in [0.25, 0.3) is 0 Å². The molecule has 0 aromatic heterocycles. The topological polar surface area (TPSA) is 52.6 Å². The first-order valence-electron chi connectivity index (χ1n) is 4.19. The average molecular weight is 285 g/mol. The molecule has 0 aliphatic heterocycles. The third kappa shape index (κ3) is 3.68. The molecule has 0 saturated heterocycles. The zero-order valence-electron chi connectivity index (χ0n) is 8.07. The molecule has 0 bridgehead atoms. The predicted octanol–water partition coefficient (Wildman–Crippen LogP) is 1.42. The number of ether oxygens (including phenoxy) is 1. The molecule has 0 saturated carbocycles. The van der Waals surface area contributed by atoms with Crippen LogP contribution in [-0.2, 0) is 19.0 Å². The van der Waals surface area contributed by atoms with Crippen molar-refractivity contribution in [3.05, 3.63) is 10.6 Å². The van der Waals surface area contributed by atoms with Crippen molar-refractivity contribution in [1.82, 2.24) is 0 Å². The van der Waals surface area contributed by atoms with Crippen LogP contribution in [0.2, 0.25) is 0 Å². The number of methoxy groups -OCH3 is 1. The Bertz CT molecular complexity index is 322. The van der Waals surface area contributed by atoms with Crippen molar-refractivity contribution in [3.63, 3.8) is 0 Å². The van der Waals surface area contributed by atoms with Crippen LogP contribution in [0.3, 0.4) is 0 Å². The van der Waals surface area contributed by atoms with Gasteiger partial charge in [0.25, 0.3) is 10.1 Å². The quantitative estimate of drug-likeness (QED) is 0.736. The highest BCUT2D eigenvalue weighted by atomic mass is 79.9. The molecule has 1 aliphatic carbocycles. The first kappa shape index (κ1) is 12.2. The lowest BCUT2D eigenvalue weighted by atomic mass is 10.0. The summed E-state index contributed by atoms with van der Waals surface area (Å²) in [4.78, 5) is 0. The summed E-state index contributed by atoms with van der Waals surface area (Å²) in [6.45, 7) is 0. The van der Waals surface area contributed by atoms with Crippen molar-refractivity contribution in [1.29, 1.82) is 0 Å². The van der Waals surface area contributed by atoms with Crippen LogP contribution in [0.1, 0.15) is 12.8 Å². The molecule has 0 aromatic rings. The monoisotopic (exact) mass is 284 g/mol. The molecule has 4 nitrogen and oxygen atoms in total. The Labute approximate surface area is 92.5 Å². The summed E-state index contributed by atoms with van der Waals surface area (Å²) in [6, 6.07) is 0. The molecule has 0 spiro atoms. The van der Waals surface area contributed by atoms with E-state index in [2.05, 4.69) is 15.9 Å². The molecule has 6 heteroatoms. The molecular weight excluding hydrogens is 272 g/mol. The smallest absolute Gasteiger partial charge is 0.264 e. The van der Waals surface area contributed by atoms with Crippen LogP contribution in [0.4, 0.5) is 0 Å². The number of allylic oxidation sites excluding steroid dienone is 1. The number of rotatable bonds is 3. The molecule has 14 heavy (non-hydrogen) atoms. The Morgan fingerprint density at radius 3 is 2.71 bits per heavy atom. The fraction of sp³-hybridized carbons (Fsp3) is 0.750. The summed E-state index contributed by atoms with van der Waals surface area (Å²) in [5, 5.41) is 0. The maximum Gasteiger partial charge on any atom is 0.264 e. The van der Waals surface area contributed by atoms with E-state index in [9.17, 15) is 8.42 Å². The molecule has 0 heterocycles. The first-order chi connectivity index (χ1) is 6.42. The predicted molar refractivity (Wildman–Crippen MR) is 56.8 cm³/mol. The second-order valence-corrected chi connectivity index (χ2v) is 5.81. The lowest BCUT2D eigenvalue weighted by Gasteiger charge is -2.26. The van der Waals surface area contributed by atoms with E-state index in [1.807, 2.05) is 6.08 Å². The van der Waals surface area contributed by atoms with E-state index in [1.54, 1.807) is 0 Å². The van der Waals surface area contributed by atoms with E-state index < -0.39 is 16.2 Å². The SMILES string of the molecule is COC1C=C(Br)CCC1OS(C)(=O)=O. The highest BCUT2D eigenvalue weighted by molar-refractivity contribution is 9.11. The highest BCUT2D eigenvalue weighted by Crippen LogP contribution is 2.27. The lowest BCUT2D eigenvalue weighted by Crippen LogP contribution is -2.33. The minimum Gasteiger partial charge on any atom is -0.375 e. The Morgan fingerprint density at radius 2 is 2.21 bits per heavy atom. The van der Waals surface area contributed by atoms with Gasteiger partial charge >= 0.3 is 0 Å². The minimum atomic E-state index is -3.41. The van der Waals surface area contributed by atoms with Gasteiger partial charge in [-0.2, -0.15) is 8.42 Å². The van der Waals surface area contributed by atoms with Gasteiger partial charge in [0.2, 0.25) is 0 Å². The Morgan fingerprint density at radius 1 is 1.57 bits per heavy atom. The molecule has 0 amide bonds.